The van der Waals surface area contributed by atoms with Crippen molar-refractivity contribution >= 4 is 0 Å². The molecule has 0 N–H and O–H groups in total. The van der Waals surface area contributed by atoms with Gasteiger partial charge in [0.15, 0.2) is 0 Å². The van der Waals surface area contributed by atoms with Crippen molar-refractivity contribution in [3.63, 3.8) is 0 Å². The van der Waals surface area contributed by atoms with Crippen molar-refractivity contribution in [3.05, 3.63) is 13.8 Å². The molecule has 0 spiro atoms. The quantitative estimate of drug-likeness (QED) is 0.596. The summed E-state index contributed by atoms with van der Waals surface area (Å²) in [5.74, 6) is 0. The number of hydrogen-bond acceptors (Lipinski definition) is 1. The molecule has 0 amide bonds. The molecule has 0 aliphatic carbocycles. The molecule has 1 nitrogen and oxygen atoms in total. The van der Waals surface area contributed by atoms with Gasteiger partial charge in [-0.15, -0.1) is 6.54 Å². The van der Waals surface area contributed by atoms with Crippen LogP contribution in [-0.2, 0) is 0 Å². The van der Waals surface area contributed by atoms with Gasteiger partial charge in [0, 0.05) is 0 Å². The maximum absolute atomic E-state index is 2.34. The Balaban J connectivity index is 0. The fraction of sp³-hybridized carbons (Fsp3) is 0.714. The van der Waals surface area contributed by atoms with Gasteiger partial charge in [-0.3, -0.25) is 0 Å². The van der Waals surface area contributed by atoms with Crippen molar-refractivity contribution in [1.82, 2.24) is 4.90 Å². The minimum atomic E-state index is 0. The maximum atomic E-state index is 2.34. The van der Waals surface area contributed by atoms with Crippen molar-refractivity contribution in [2.24, 2.45) is 0 Å². The largest absolute Gasteiger partial charge is 2.00 e. The second-order valence-electron chi connectivity index (χ2n) is 2.19. The minimum Gasteiger partial charge on any atom is -0.358 e. The van der Waals surface area contributed by atoms with E-state index in [-0.39, 0.29) is 38.5 Å². The summed E-state index contributed by atoms with van der Waals surface area (Å²) in [6, 6.07) is 0. The molecule has 0 aromatic carbocycles. The Hall–Kier alpha value is 1.01. The normalized spacial score (nSPS) is 19.7. The molecule has 1 heterocycles. The van der Waals surface area contributed by atoms with E-state index in [0.717, 1.165) is 0 Å². The predicted octanol–water partition coefficient (Wildman–Crippen LogP) is 1.37. The Kier molecular flexibility index (Phi) is 10.0. The first-order valence-corrected chi connectivity index (χ1v) is 2.90. The SMILES string of the molecule is CN1C[CH-]CCC1.[CH3-].[U+2]. The zero-order valence-corrected chi connectivity index (χ0v) is 10.5. The number of likely N-dealkylation sites (tertiary alicyclic amines) is 1. The molecule has 1 aliphatic rings. The van der Waals surface area contributed by atoms with Crippen LogP contribution in [0.1, 0.15) is 12.8 Å². The standard InChI is InChI=1S/C6H12N.CH3.U/c1-7-5-3-2-4-6-7;;/h3H,2,4-6H2,1H3;1H3;/q2*-1;+2. The number of rotatable bonds is 0. The van der Waals surface area contributed by atoms with Gasteiger partial charge in [-0.1, -0.05) is 6.42 Å². The van der Waals surface area contributed by atoms with E-state index in [4.69, 9.17) is 0 Å². The Morgan fingerprint density at radius 2 is 2.11 bits per heavy atom. The van der Waals surface area contributed by atoms with Crippen molar-refractivity contribution in [2.45, 2.75) is 12.8 Å². The van der Waals surface area contributed by atoms with E-state index in [0.29, 0.717) is 0 Å². The molecular weight excluding hydrogens is 336 g/mol. The molecule has 1 aliphatic heterocycles. The van der Waals surface area contributed by atoms with Crippen molar-refractivity contribution < 1.29 is 31.1 Å². The van der Waals surface area contributed by atoms with Crippen molar-refractivity contribution in [1.29, 1.82) is 0 Å². The van der Waals surface area contributed by atoms with Crippen LogP contribution in [0.5, 0.6) is 0 Å². The van der Waals surface area contributed by atoms with Crippen LogP contribution in [0, 0.1) is 45.0 Å². The van der Waals surface area contributed by atoms with E-state index in [1.165, 1.54) is 25.9 Å². The summed E-state index contributed by atoms with van der Waals surface area (Å²) in [7, 11) is 2.16. The number of nitrogens with zero attached hydrogens (tertiary/aromatic N) is 1. The fourth-order valence-electron chi connectivity index (χ4n) is 0.909. The van der Waals surface area contributed by atoms with Gasteiger partial charge in [0.25, 0.3) is 0 Å². The first-order chi connectivity index (χ1) is 3.39. The monoisotopic (exact) mass is 351 g/mol. The van der Waals surface area contributed by atoms with Crippen molar-refractivity contribution in [2.75, 3.05) is 20.1 Å². The van der Waals surface area contributed by atoms with Gasteiger partial charge >= 0.3 is 31.1 Å². The fourth-order valence-corrected chi connectivity index (χ4v) is 0.909. The molecule has 1 rings (SSSR count). The molecule has 1 fully saturated rings. The maximum Gasteiger partial charge on any atom is 2.00 e. The molecule has 0 aromatic rings. The molecular formula is C7H15NU. The van der Waals surface area contributed by atoms with Gasteiger partial charge in [-0.2, -0.15) is 6.42 Å². The summed E-state index contributed by atoms with van der Waals surface area (Å²) in [6.45, 7) is 2.48. The molecule has 0 bridgehead atoms. The summed E-state index contributed by atoms with van der Waals surface area (Å²) < 4.78 is 0. The zero-order valence-electron chi connectivity index (χ0n) is 6.35. The van der Waals surface area contributed by atoms with E-state index in [2.05, 4.69) is 18.4 Å². The van der Waals surface area contributed by atoms with Crippen molar-refractivity contribution in [3.8, 4) is 0 Å². The summed E-state index contributed by atoms with van der Waals surface area (Å²) >= 11 is 0. The van der Waals surface area contributed by atoms with Crippen LogP contribution in [0.2, 0.25) is 0 Å². The third-order valence-corrected chi connectivity index (χ3v) is 1.39. The third-order valence-electron chi connectivity index (χ3n) is 1.39. The van der Waals surface area contributed by atoms with Gasteiger partial charge in [0.1, 0.15) is 0 Å². The minimum absolute atomic E-state index is 0. The molecule has 52 valence electrons. The van der Waals surface area contributed by atoms with Gasteiger partial charge in [-0.05, 0) is 13.6 Å². The Morgan fingerprint density at radius 1 is 1.44 bits per heavy atom. The van der Waals surface area contributed by atoms with Gasteiger partial charge < -0.3 is 18.7 Å². The van der Waals surface area contributed by atoms with Crippen LogP contribution in [0.3, 0.4) is 0 Å². The number of piperidine rings is 1. The average Bonchev–Trinajstić information content (AvgIpc) is 1.69. The summed E-state index contributed by atoms with van der Waals surface area (Å²) in [4.78, 5) is 2.34. The molecule has 1 saturated heterocycles. The van der Waals surface area contributed by atoms with Crippen LogP contribution >= 0.6 is 0 Å². The van der Waals surface area contributed by atoms with E-state index >= 15 is 0 Å². The molecule has 0 radical (unpaired) electrons. The Labute approximate surface area is 82.6 Å². The van der Waals surface area contributed by atoms with Crippen LogP contribution in [0.4, 0.5) is 0 Å². The second kappa shape index (κ2) is 7.12. The average molecular weight is 351 g/mol. The predicted molar refractivity (Wildman–Crippen MR) is 37.4 cm³/mol. The van der Waals surface area contributed by atoms with Crippen LogP contribution in [0.25, 0.3) is 0 Å². The van der Waals surface area contributed by atoms with E-state index in [9.17, 15) is 0 Å². The third kappa shape index (κ3) is 5.46. The molecule has 9 heavy (non-hydrogen) atoms. The van der Waals surface area contributed by atoms with Crippen LogP contribution in [-0.4, -0.2) is 25.0 Å². The topological polar surface area (TPSA) is 3.24 Å². The summed E-state index contributed by atoms with van der Waals surface area (Å²) in [5.41, 5.74) is 0. The van der Waals surface area contributed by atoms with Crippen LogP contribution in [0.15, 0.2) is 0 Å². The summed E-state index contributed by atoms with van der Waals surface area (Å²) in [5, 5.41) is 0. The van der Waals surface area contributed by atoms with Crippen LogP contribution < -0.4 is 0 Å². The molecule has 0 saturated carbocycles. The summed E-state index contributed by atoms with van der Waals surface area (Å²) in [6.07, 6.45) is 5.02. The Morgan fingerprint density at radius 3 is 2.33 bits per heavy atom. The molecule has 2 heteroatoms. The first kappa shape index (κ1) is 12.7. The van der Waals surface area contributed by atoms with E-state index < -0.39 is 0 Å². The second-order valence-corrected chi connectivity index (χ2v) is 2.19. The van der Waals surface area contributed by atoms with Gasteiger partial charge in [0.2, 0.25) is 0 Å². The van der Waals surface area contributed by atoms with E-state index in [1.807, 2.05) is 0 Å². The first-order valence-electron chi connectivity index (χ1n) is 2.90. The molecule has 0 unspecified atom stereocenters. The Bertz CT molecular complexity index is 50.9. The smallest absolute Gasteiger partial charge is 0.358 e. The van der Waals surface area contributed by atoms with Gasteiger partial charge in [-0.25, -0.2) is 0 Å². The zero-order chi connectivity index (χ0) is 5.11. The van der Waals surface area contributed by atoms with Gasteiger partial charge in [0.05, 0.1) is 0 Å². The number of hydrogen-bond donors (Lipinski definition) is 0. The molecule has 0 atom stereocenters. The molecule has 0 aromatic heterocycles. The van der Waals surface area contributed by atoms with E-state index in [1.54, 1.807) is 0 Å².